The predicted molar refractivity (Wildman–Crippen MR) is 107 cm³/mol. The van der Waals surface area contributed by atoms with Gasteiger partial charge in [0.1, 0.15) is 0 Å². The van der Waals surface area contributed by atoms with Crippen LogP contribution in [0.1, 0.15) is 91.2 Å². The summed E-state index contributed by atoms with van der Waals surface area (Å²) in [6, 6.07) is 7.08. The Balaban J connectivity index is 2.30. The van der Waals surface area contributed by atoms with E-state index in [9.17, 15) is 5.11 Å². The van der Waals surface area contributed by atoms with Gasteiger partial charge in [-0.25, -0.2) is 0 Å². The highest BCUT2D eigenvalue weighted by molar-refractivity contribution is 8.00. The summed E-state index contributed by atoms with van der Waals surface area (Å²) in [6.07, 6.45) is 6.96. The molecule has 1 N–H and O–H groups in total. The Bertz CT molecular complexity index is 504. The maximum absolute atomic E-state index is 10.6. The first-order valence-corrected chi connectivity index (χ1v) is 10.5. The summed E-state index contributed by atoms with van der Waals surface area (Å²) in [5.74, 6) is 0. The van der Waals surface area contributed by atoms with Crippen molar-refractivity contribution >= 4 is 11.8 Å². The van der Waals surface area contributed by atoms with E-state index >= 15 is 0 Å². The molecule has 2 atom stereocenters. The topological polar surface area (TPSA) is 20.2 Å². The molecule has 1 aliphatic rings. The fraction of sp³-hybridized carbons (Fsp3) is 0.727. The minimum absolute atomic E-state index is 0.149. The molecule has 1 aromatic carbocycles. The number of benzene rings is 1. The highest BCUT2D eigenvalue weighted by atomic mass is 32.2. The van der Waals surface area contributed by atoms with Crippen LogP contribution in [0.4, 0.5) is 0 Å². The number of aliphatic hydroxyl groups excluding tert-OH is 1. The molecule has 0 radical (unpaired) electrons. The van der Waals surface area contributed by atoms with E-state index in [4.69, 9.17) is 0 Å². The molecule has 1 nitrogen and oxygen atoms in total. The normalized spacial score (nSPS) is 23.6. The third kappa shape index (κ3) is 5.52. The van der Waals surface area contributed by atoms with E-state index in [-0.39, 0.29) is 16.9 Å². The fourth-order valence-electron chi connectivity index (χ4n) is 3.28. The van der Waals surface area contributed by atoms with Crippen molar-refractivity contribution in [2.75, 3.05) is 0 Å². The van der Waals surface area contributed by atoms with Crippen molar-refractivity contribution < 1.29 is 5.11 Å². The van der Waals surface area contributed by atoms with E-state index in [2.05, 4.69) is 59.7 Å². The smallest absolute Gasteiger partial charge is 0.0662 e. The number of thioether (sulfide) groups is 1. The Labute approximate surface area is 153 Å². The predicted octanol–water partition coefficient (Wildman–Crippen LogP) is 6.46. The summed E-state index contributed by atoms with van der Waals surface area (Å²) in [5.41, 5.74) is 3.10. The molecule has 0 aliphatic heterocycles. The van der Waals surface area contributed by atoms with Crippen molar-refractivity contribution in [3.63, 3.8) is 0 Å². The molecule has 0 aromatic heterocycles. The Morgan fingerprint density at radius 1 is 0.792 bits per heavy atom. The van der Waals surface area contributed by atoms with Crippen LogP contribution in [-0.4, -0.2) is 16.5 Å². The van der Waals surface area contributed by atoms with Crippen molar-refractivity contribution in [1.29, 1.82) is 0 Å². The molecular weight excluding hydrogens is 312 g/mol. The molecule has 2 heteroatoms. The molecule has 1 aromatic rings. The highest BCUT2D eigenvalue weighted by Gasteiger charge is 2.25. The molecule has 0 amide bonds. The van der Waals surface area contributed by atoms with Gasteiger partial charge < -0.3 is 5.11 Å². The van der Waals surface area contributed by atoms with Crippen molar-refractivity contribution in [2.24, 2.45) is 0 Å². The molecule has 2 rings (SSSR count). The van der Waals surface area contributed by atoms with Crippen LogP contribution < -0.4 is 0 Å². The second kappa shape index (κ2) is 7.83. The van der Waals surface area contributed by atoms with Gasteiger partial charge in [-0.3, -0.25) is 0 Å². The Hall–Kier alpha value is -0.470. The van der Waals surface area contributed by atoms with Crippen LogP contribution in [0.2, 0.25) is 0 Å². The molecule has 1 aliphatic carbocycles. The lowest BCUT2D eigenvalue weighted by Crippen LogP contribution is -2.24. The van der Waals surface area contributed by atoms with Crippen LogP contribution in [0, 0.1) is 0 Å². The minimum atomic E-state index is -0.160. The molecule has 0 bridgehead atoms. The van der Waals surface area contributed by atoms with Gasteiger partial charge >= 0.3 is 0 Å². The number of aliphatic hydroxyl groups is 1. The van der Waals surface area contributed by atoms with Gasteiger partial charge in [-0.15, -0.1) is 11.8 Å². The second-order valence-corrected chi connectivity index (χ2v) is 10.8. The fourth-order valence-corrected chi connectivity index (χ4v) is 4.59. The van der Waals surface area contributed by atoms with Crippen LogP contribution in [0.15, 0.2) is 23.1 Å². The highest BCUT2D eigenvalue weighted by Crippen LogP contribution is 2.37. The standard InChI is InChI=1S/C22H36OS/c1-21(2,3)16-13-17(22(4,5)6)15-18(14-16)24-20-12-10-8-7-9-11-19(20)23/h13-15,19-20,23H,7-12H2,1-6H3/t19-,20+/m0/s1. The Morgan fingerprint density at radius 2 is 1.29 bits per heavy atom. The van der Waals surface area contributed by atoms with Gasteiger partial charge in [-0.05, 0) is 46.9 Å². The lowest BCUT2D eigenvalue weighted by molar-refractivity contribution is 0.148. The molecule has 24 heavy (non-hydrogen) atoms. The van der Waals surface area contributed by atoms with Gasteiger partial charge in [0, 0.05) is 10.1 Å². The summed E-state index contributed by atoms with van der Waals surface area (Å²) >= 11 is 1.91. The third-order valence-electron chi connectivity index (χ3n) is 5.09. The summed E-state index contributed by atoms with van der Waals surface area (Å²) < 4.78 is 0. The van der Waals surface area contributed by atoms with Crippen LogP contribution >= 0.6 is 11.8 Å². The van der Waals surface area contributed by atoms with Gasteiger partial charge in [0.25, 0.3) is 0 Å². The third-order valence-corrected chi connectivity index (χ3v) is 6.45. The van der Waals surface area contributed by atoms with Crippen molar-refractivity contribution in [2.45, 2.75) is 107 Å². The summed E-state index contributed by atoms with van der Waals surface area (Å²) in [5, 5.41) is 10.9. The average molecular weight is 349 g/mol. The summed E-state index contributed by atoms with van der Waals surface area (Å²) in [7, 11) is 0. The first-order valence-electron chi connectivity index (χ1n) is 9.58. The van der Waals surface area contributed by atoms with E-state index in [0.29, 0.717) is 5.25 Å². The molecular formula is C22H36OS. The number of hydrogen-bond donors (Lipinski definition) is 1. The van der Waals surface area contributed by atoms with Gasteiger partial charge in [-0.2, -0.15) is 0 Å². The van der Waals surface area contributed by atoms with E-state index < -0.39 is 0 Å². The molecule has 0 heterocycles. The molecule has 136 valence electrons. The van der Waals surface area contributed by atoms with E-state index in [0.717, 1.165) is 12.8 Å². The van der Waals surface area contributed by atoms with Crippen molar-refractivity contribution in [3.05, 3.63) is 29.3 Å². The minimum Gasteiger partial charge on any atom is -0.392 e. The largest absolute Gasteiger partial charge is 0.392 e. The SMILES string of the molecule is CC(C)(C)c1cc(S[C@@H]2CCCCCC[C@@H]2O)cc(C(C)(C)C)c1. The number of hydrogen-bond acceptors (Lipinski definition) is 2. The molecule has 0 unspecified atom stereocenters. The van der Waals surface area contributed by atoms with Gasteiger partial charge in [0.05, 0.1) is 6.10 Å². The van der Waals surface area contributed by atoms with E-state index in [1.54, 1.807) is 0 Å². The maximum atomic E-state index is 10.6. The lowest BCUT2D eigenvalue weighted by Gasteiger charge is -2.28. The molecule has 0 saturated heterocycles. The van der Waals surface area contributed by atoms with Crippen molar-refractivity contribution in [1.82, 2.24) is 0 Å². The second-order valence-electron chi connectivity index (χ2n) is 9.46. The number of rotatable bonds is 2. The zero-order chi connectivity index (χ0) is 18.0. The Kier molecular flexibility index (Phi) is 6.47. The van der Waals surface area contributed by atoms with Crippen LogP contribution in [0.3, 0.4) is 0 Å². The van der Waals surface area contributed by atoms with Crippen LogP contribution in [0.5, 0.6) is 0 Å². The van der Waals surface area contributed by atoms with Gasteiger partial charge in [0.2, 0.25) is 0 Å². The zero-order valence-corrected chi connectivity index (χ0v) is 17.3. The Morgan fingerprint density at radius 3 is 1.79 bits per heavy atom. The monoisotopic (exact) mass is 348 g/mol. The zero-order valence-electron chi connectivity index (χ0n) is 16.5. The molecule has 0 spiro atoms. The first kappa shape index (κ1) is 19.8. The molecule has 1 fully saturated rings. The quantitative estimate of drug-likeness (QED) is 0.662. The van der Waals surface area contributed by atoms with Gasteiger partial charge in [-0.1, -0.05) is 73.3 Å². The molecule has 1 saturated carbocycles. The van der Waals surface area contributed by atoms with E-state index in [1.807, 2.05) is 11.8 Å². The average Bonchev–Trinajstić information content (AvgIpc) is 2.45. The summed E-state index contributed by atoms with van der Waals surface area (Å²) in [4.78, 5) is 1.33. The maximum Gasteiger partial charge on any atom is 0.0662 e. The summed E-state index contributed by atoms with van der Waals surface area (Å²) in [6.45, 7) is 13.7. The first-order chi connectivity index (χ1) is 11.1. The van der Waals surface area contributed by atoms with Gasteiger partial charge in [0.15, 0.2) is 0 Å². The lowest BCUT2D eigenvalue weighted by atomic mass is 9.81. The van der Waals surface area contributed by atoms with Crippen LogP contribution in [0.25, 0.3) is 0 Å². The van der Waals surface area contributed by atoms with E-state index in [1.165, 1.54) is 41.7 Å². The van der Waals surface area contributed by atoms with Crippen molar-refractivity contribution in [3.8, 4) is 0 Å². The van der Waals surface area contributed by atoms with Crippen LogP contribution in [-0.2, 0) is 10.8 Å².